The summed E-state index contributed by atoms with van der Waals surface area (Å²) in [6.45, 7) is 2.03. The maximum atomic E-state index is 13.5. The highest BCUT2D eigenvalue weighted by atomic mass is 35.5. The lowest BCUT2D eigenvalue weighted by molar-refractivity contribution is -0.131. The van der Waals surface area contributed by atoms with Gasteiger partial charge in [-0.25, -0.2) is 8.78 Å². The second-order valence-corrected chi connectivity index (χ2v) is 7.97. The number of carbonyl (C=O) groups excluding carboxylic acids is 1. The average Bonchev–Trinajstić information content (AvgIpc) is 3.23. The lowest BCUT2D eigenvalue weighted by Gasteiger charge is -2.21. The molecule has 29 heavy (non-hydrogen) atoms. The minimum Gasteiger partial charge on any atom is -0.403 e. The summed E-state index contributed by atoms with van der Waals surface area (Å²) in [5.41, 5.74) is 0.456. The van der Waals surface area contributed by atoms with Crippen LogP contribution in [0.15, 0.2) is 16.5 Å². The van der Waals surface area contributed by atoms with Gasteiger partial charge in [-0.3, -0.25) is 4.79 Å². The number of fused-ring (bicyclic) bond motifs is 1. The van der Waals surface area contributed by atoms with E-state index in [0.717, 1.165) is 0 Å². The number of anilines is 1. The predicted octanol–water partition coefficient (Wildman–Crippen LogP) is 2.72. The van der Waals surface area contributed by atoms with E-state index in [0.29, 0.717) is 34.6 Å². The predicted molar refractivity (Wildman–Crippen MR) is 98.5 cm³/mol. The SMILES string of the molecule is C[C@@H](Nc1nnc(-c2ccc(Cl)c3n[nH]nc23)o1)C(=O)N1CC[C@@]2(C1)CC2(F)F. The molecule has 1 saturated heterocycles. The quantitative estimate of drug-likeness (QED) is 0.663. The number of halogens is 3. The van der Waals surface area contributed by atoms with Crippen LogP contribution in [0.2, 0.25) is 5.02 Å². The Labute approximate surface area is 167 Å². The van der Waals surface area contributed by atoms with Crippen LogP contribution < -0.4 is 5.32 Å². The van der Waals surface area contributed by atoms with Crippen LogP contribution in [-0.2, 0) is 4.79 Å². The van der Waals surface area contributed by atoms with Crippen LogP contribution in [0.1, 0.15) is 19.8 Å². The van der Waals surface area contributed by atoms with Gasteiger partial charge in [-0.2, -0.15) is 15.4 Å². The Morgan fingerprint density at radius 3 is 2.83 bits per heavy atom. The minimum atomic E-state index is -2.66. The van der Waals surface area contributed by atoms with Gasteiger partial charge in [0.05, 0.1) is 16.0 Å². The molecule has 152 valence electrons. The molecule has 2 atom stereocenters. The molecule has 3 aromatic rings. The van der Waals surface area contributed by atoms with Crippen molar-refractivity contribution in [3.05, 3.63) is 17.2 Å². The molecule has 9 nitrogen and oxygen atoms in total. The summed E-state index contributed by atoms with van der Waals surface area (Å²) in [6.07, 6.45) is 0.184. The van der Waals surface area contributed by atoms with Crippen molar-refractivity contribution in [1.82, 2.24) is 30.5 Å². The molecular weight excluding hydrogens is 408 g/mol. The van der Waals surface area contributed by atoms with E-state index in [-0.39, 0.29) is 30.8 Å². The average molecular weight is 424 g/mol. The van der Waals surface area contributed by atoms with E-state index >= 15 is 0 Å². The van der Waals surface area contributed by atoms with Gasteiger partial charge in [-0.15, -0.1) is 5.10 Å². The largest absolute Gasteiger partial charge is 0.403 e. The van der Waals surface area contributed by atoms with E-state index in [4.69, 9.17) is 16.0 Å². The standard InChI is InChI=1S/C17H16ClF2N7O2/c1-8(14(28)27-5-4-16(7-27)6-17(16,19)20)21-15-25-24-13(29-15)9-2-3-10(18)12-11(9)22-26-23-12/h2-3,8H,4-7H2,1H3,(H,21,25)(H,22,23,26)/t8-,16+/m1/s1. The van der Waals surface area contributed by atoms with Crippen LogP contribution in [-0.4, -0.2) is 61.5 Å². The second kappa shape index (κ2) is 6.09. The molecule has 1 saturated carbocycles. The van der Waals surface area contributed by atoms with Crippen LogP contribution in [0.4, 0.5) is 14.8 Å². The molecule has 5 rings (SSSR count). The monoisotopic (exact) mass is 423 g/mol. The topological polar surface area (TPSA) is 113 Å². The third-order valence-corrected chi connectivity index (χ3v) is 5.97. The van der Waals surface area contributed by atoms with Crippen molar-refractivity contribution in [2.75, 3.05) is 18.4 Å². The van der Waals surface area contributed by atoms with Crippen LogP contribution in [0.25, 0.3) is 22.5 Å². The lowest BCUT2D eigenvalue weighted by Crippen LogP contribution is -2.40. The Hall–Kier alpha value is -2.82. The highest BCUT2D eigenvalue weighted by Crippen LogP contribution is 2.65. The molecule has 0 radical (unpaired) electrons. The van der Waals surface area contributed by atoms with Gasteiger partial charge in [0.25, 0.3) is 11.8 Å². The molecule has 2 aliphatic rings. The first-order valence-corrected chi connectivity index (χ1v) is 9.43. The zero-order chi connectivity index (χ0) is 20.4. The van der Waals surface area contributed by atoms with Crippen LogP contribution in [0.3, 0.4) is 0 Å². The van der Waals surface area contributed by atoms with Crippen molar-refractivity contribution < 1.29 is 18.0 Å². The van der Waals surface area contributed by atoms with E-state index < -0.39 is 17.4 Å². The molecule has 3 heterocycles. The molecular formula is C17H16ClF2N7O2. The van der Waals surface area contributed by atoms with Gasteiger partial charge in [0.2, 0.25) is 5.91 Å². The maximum Gasteiger partial charge on any atom is 0.316 e. The third-order valence-electron chi connectivity index (χ3n) is 5.67. The zero-order valence-corrected chi connectivity index (χ0v) is 16.0. The van der Waals surface area contributed by atoms with Crippen LogP contribution in [0.5, 0.6) is 0 Å². The van der Waals surface area contributed by atoms with E-state index in [2.05, 4.69) is 30.9 Å². The summed E-state index contributed by atoms with van der Waals surface area (Å²) in [4.78, 5) is 14.1. The molecule has 1 aliphatic carbocycles. The van der Waals surface area contributed by atoms with Crippen molar-refractivity contribution in [3.63, 3.8) is 0 Å². The normalized spacial score (nSPS) is 23.7. The summed E-state index contributed by atoms with van der Waals surface area (Å²) in [5.74, 6) is -2.76. The van der Waals surface area contributed by atoms with E-state index in [9.17, 15) is 13.6 Å². The van der Waals surface area contributed by atoms with E-state index in [1.54, 1.807) is 19.1 Å². The number of rotatable bonds is 4. The maximum absolute atomic E-state index is 13.5. The van der Waals surface area contributed by atoms with Crippen molar-refractivity contribution in [2.24, 2.45) is 5.41 Å². The molecule has 2 N–H and O–H groups in total. The van der Waals surface area contributed by atoms with Gasteiger partial charge in [-0.05, 0) is 25.5 Å². The van der Waals surface area contributed by atoms with Gasteiger partial charge < -0.3 is 14.6 Å². The van der Waals surface area contributed by atoms with E-state index in [1.165, 1.54) is 4.90 Å². The number of aromatic amines is 1. The molecule has 2 aromatic heterocycles. The van der Waals surface area contributed by atoms with Crippen molar-refractivity contribution in [1.29, 1.82) is 0 Å². The number of H-pyrrole nitrogens is 1. The molecule has 1 aliphatic heterocycles. The summed E-state index contributed by atoms with van der Waals surface area (Å²) >= 11 is 6.08. The molecule has 1 aromatic carbocycles. The number of aromatic nitrogens is 5. The summed E-state index contributed by atoms with van der Waals surface area (Å²) in [7, 11) is 0. The minimum absolute atomic E-state index is 0.0399. The van der Waals surface area contributed by atoms with Gasteiger partial charge in [-0.1, -0.05) is 16.7 Å². The number of hydrogen-bond donors (Lipinski definition) is 2. The third kappa shape index (κ3) is 2.83. The van der Waals surface area contributed by atoms with Crippen molar-refractivity contribution in [3.8, 4) is 11.5 Å². The molecule has 12 heteroatoms. The van der Waals surface area contributed by atoms with Crippen molar-refractivity contribution in [2.45, 2.75) is 31.7 Å². The molecule has 0 unspecified atom stereocenters. The van der Waals surface area contributed by atoms with Gasteiger partial charge in [0.1, 0.15) is 17.1 Å². The highest BCUT2D eigenvalue weighted by molar-refractivity contribution is 6.35. The summed E-state index contributed by atoms with van der Waals surface area (Å²) in [6, 6.07) is 2.65. The van der Waals surface area contributed by atoms with Crippen LogP contribution in [0, 0.1) is 5.41 Å². The fourth-order valence-electron chi connectivity index (χ4n) is 3.87. The zero-order valence-electron chi connectivity index (χ0n) is 15.2. The fraction of sp³-hybridized carbons (Fsp3) is 0.471. The van der Waals surface area contributed by atoms with Crippen LogP contribution >= 0.6 is 11.6 Å². The number of hydrogen-bond acceptors (Lipinski definition) is 7. The number of amides is 1. The van der Waals surface area contributed by atoms with Crippen molar-refractivity contribution >= 4 is 34.6 Å². The Morgan fingerprint density at radius 2 is 2.10 bits per heavy atom. The number of carbonyl (C=O) groups is 1. The van der Waals surface area contributed by atoms with Gasteiger partial charge in [0, 0.05) is 19.5 Å². The molecule has 1 amide bonds. The summed E-state index contributed by atoms with van der Waals surface area (Å²) < 4.78 is 32.7. The Balaban J connectivity index is 1.29. The fourth-order valence-corrected chi connectivity index (χ4v) is 4.06. The number of nitrogens with one attached hydrogen (secondary N) is 2. The first kappa shape index (κ1) is 18.2. The smallest absolute Gasteiger partial charge is 0.316 e. The highest BCUT2D eigenvalue weighted by Gasteiger charge is 2.73. The summed E-state index contributed by atoms with van der Waals surface area (Å²) in [5, 5.41) is 21.7. The number of nitrogens with zero attached hydrogens (tertiary/aromatic N) is 5. The number of likely N-dealkylation sites (tertiary alicyclic amines) is 1. The van der Waals surface area contributed by atoms with Gasteiger partial charge in [0.15, 0.2) is 0 Å². The Bertz CT molecular complexity index is 1120. The van der Waals surface area contributed by atoms with E-state index in [1.807, 2.05) is 0 Å². The second-order valence-electron chi connectivity index (χ2n) is 7.57. The van der Waals surface area contributed by atoms with Gasteiger partial charge >= 0.3 is 6.01 Å². The molecule has 2 fully saturated rings. The molecule has 0 bridgehead atoms. The first-order chi connectivity index (χ1) is 13.8. The Morgan fingerprint density at radius 1 is 1.34 bits per heavy atom. The lowest BCUT2D eigenvalue weighted by atomic mass is 10.1. The molecule has 1 spiro atoms. The Kier molecular flexibility index (Phi) is 3.83. The first-order valence-electron chi connectivity index (χ1n) is 9.06. The number of alkyl halides is 2. The number of benzene rings is 1.